The Morgan fingerprint density at radius 2 is 1.95 bits per heavy atom. The molecule has 2 aromatic rings. The smallest absolute Gasteiger partial charge is 0.257 e. The molecule has 0 fully saturated rings. The molecule has 0 spiro atoms. The molecule has 1 aromatic heterocycles. The summed E-state index contributed by atoms with van der Waals surface area (Å²) < 4.78 is 0. The maximum atomic E-state index is 12.0. The van der Waals surface area contributed by atoms with Crippen LogP contribution in [0, 0.1) is 6.92 Å². The van der Waals surface area contributed by atoms with Crippen LogP contribution in [0.3, 0.4) is 0 Å². The van der Waals surface area contributed by atoms with Gasteiger partial charge in [-0.1, -0.05) is 34.5 Å². The summed E-state index contributed by atoms with van der Waals surface area (Å²) in [6, 6.07) is 4.59. The highest BCUT2D eigenvalue weighted by molar-refractivity contribution is 7.17. The van der Waals surface area contributed by atoms with Gasteiger partial charge in [-0.2, -0.15) is 0 Å². The molecule has 0 atom stereocenters. The Labute approximate surface area is 129 Å². The van der Waals surface area contributed by atoms with E-state index in [0.29, 0.717) is 31.3 Å². The molecule has 104 valence electrons. The molecule has 0 saturated heterocycles. The van der Waals surface area contributed by atoms with Gasteiger partial charge in [-0.3, -0.25) is 14.9 Å². The standard InChI is InChI=1S/C13H10Cl2N2O2S/c1-6-11(7(2)18)20-13(16-6)17-12(19)8-3-4-9(14)10(15)5-8/h3-5H,1-2H3,(H,16,17,19). The summed E-state index contributed by atoms with van der Waals surface area (Å²) in [7, 11) is 0. The minimum absolute atomic E-state index is 0.0740. The largest absolute Gasteiger partial charge is 0.298 e. The van der Waals surface area contributed by atoms with E-state index >= 15 is 0 Å². The lowest BCUT2D eigenvalue weighted by molar-refractivity contribution is 0.101. The fourth-order valence-electron chi connectivity index (χ4n) is 1.58. The molecule has 0 unspecified atom stereocenters. The second-order valence-corrected chi connectivity index (χ2v) is 5.89. The molecule has 20 heavy (non-hydrogen) atoms. The van der Waals surface area contributed by atoms with Gasteiger partial charge in [0.2, 0.25) is 0 Å². The first-order valence-corrected chi connectivity index (χ1v) is 7.20. The summed E-state index contributed by atoms with van der Waals surface area (Å²) in [6.07, 6.45) is 0. The summed E-state index contributed by atoms with van der Waals surface area (Å²) in [4.78, 5) is 28.1. The maximum absolute atomic E-state index is 12.0. The van der Waals surface area contributed by atoms with Crippen LogP contribution in [-0.4, -0.2) is 16.7 Å². The Balaban J connectivity index is 2.21. The van der Waals surface area contributed by atoms with Gasteiger partial charge in [0.05, 0.1) is 20.6 Å². The quantitative estimate of drug-likeness (QED) is 0.858. The van der Waals surface area contributed by atoms with Gasteiger partial charge in [-0.05, 0) is 25.1 Å². The summed E-state index contributed by atoms with van der Waals surface area (Å²) in [6.45, 7) is 3.19. The number of ketones is 1. The molecule has 0 radical (unpaired) electrons. The molecule has 4 nitrogen and oxygen atoms in total. The monoisotopic (exact) mass is 328 g/mol. The van der Waals surface area contributed by atoms with E-state index in [1.54, 1.807) is 19.1 Å². The second-order valence-electron chi connectivity index (χ2n) is 4.07. The van der Waals surface area contributed by atoms with E-state index in [2.05, 4.69) is 10.3 Å². The normalized spacial score (nSPS) is 10.4. The van der Waals surface area contributed by atoms with Crippen molar-refractivity contribution in [2.45, 2.75) is 13.8 Å². The Morgan fingerprint density at radius 1 is 1.25 bits per heavy atom. The molecule has 1 N–H and O–H groups in total. The Bertz CT molecular complexity index is 698. The van der Waals surface area contributed by atoms with Crippen molar-refractivity contribution < 1.29 is 9.59 Å². The maximum Gasteiger partial charge on any atom is 0.257 e. The number of carbonyl (C=O) groups is 2. The zero-order valence-corrected chi connectivity index (χ0v) is 13.0. The lowest BCUT2D eigenvalue weighted by Gasteiger charge is -2.03. The Morgan fingerprint density at radius 3 is 2.50 bits per heavy atom. The van der Waals surface area contributed by atoms with Crippen molar-refractivity contribution in [3.8, 4) is 0 Å². The molecule has 0 aliphatic carbocycles. The predicted octanol–water partition coefficient (Wildman–Crippen LogP) is 4.21. The van der Waals surface area contributed by atoms with Crippen LogP contribution in [0.1, 0.15) is 32.6 Å². The van der Waals surface area contributed by atoms with Crippen LogP contribution in [0.4, 0.5) is 5.13 Å². The number of benzene rings is 1. The van der Waals surface area contributed by atoms with E-state index in [4.69, 9.17) is 23.2 Å². The highest BCUT2D eigenvalue weighted by Gasteiger charge is 2.14. The van der Waals surface area contributed by atoms with Gasteiger partial charge in [0.15, 0.2) is 10.9 Å². The number of nitrogens with zero attached hydrogens (tertiary/aromatic N) is 1. The molecule has 2 rings (SSSR count). The SMILES string of the molecule is CC(=O)c1sc(NC(=O)c2ccc(Cl)c(Cl)c2)nc1C. The van der Waals surface area contributed by atoms with Gasteiger partial charge in [-0.25, -0.2) is 4.98 Å². The number of amides is 1. The van der Waals surface area contributed by atoms with Crippen molar-refractivity contribution in [3.05, 3.63) is 44.4 Å². The number of rotatable bonds is 3. The minimum Gasteiger partial charge on any atom is -0.298 e. The predicted molar refractivity (Wildman–Crippen MR) is 81.3 cm³/mol. The third-order valence-electron chi connectivity index (χ3n) is 2.52. The van der Waals surface area contributed by atoms with E-state index in [1.165, 1.54) is 13.0 Å². The molecule has 0 aliphatic rings. The first kappa shape index (κ1) is 15.0. The number of aryl methyl sites for hydroxylation is 1. The van der Waals surface area contributed by atoms with Crippen molar-refractivity contribution in [1.29, 1.82) is 0 Å². The number of nitrogens with one attached hydrogen (secondary N) is 1. The number of hydrogen-bond acceptors (Lipinski definition) is 4. The number of halogens is 2. The number of anilines is 1. The van der Waals surface area contributed by atoms with E-state index in [0.717, 1.165) is 11.3 Å². The molecule has 0 saturated carbocycles. The molecule has 7 heteroatoms. The van der Waals surface area contributed by atoms with E-state index in [-0.39, 0.29) is 11.7 Å². The minimum atomic E-state index is -0.354. The van der Waals surface area contributed by atoms with Gasteiger partial charge in [0, 0.05) is 12.5 Å². The van der Waals surface area contributed by atoms with E-state index in [1.807, 2.05) is 0 Å². The van der Waals surface area contributed by atoms with Crippen LogP contribution >= 0.6 is 34.5 Å². The molecule has 1 heterocycles. The molecular formula is C13H10Cl2N2O2S. The van der Waals surface area contributed by atoms with E-state index < -0.39 is 0 Å². The van der Waals surface area contributed by atoms with Gasteiger partial charge in [0.25, 0.3) is 5.91 Å². The third kappa shape index (κ3) is 3.17. The highest BCUT2D eigenvalue weighted by Crippen LogP contribution is 2.25. The number of Topliss-reactive ketones (excluding diaryl/α,β-unsaturated/α-hetero) is 1. The van der Waals surface area contributed by atoms with Crippen molar-refractivity contribution in [1.82, 2.24) is 4.98 Å². The summed E-state index contributed by atoms with van der Waals surface area (Å²) in [5.41, 5.74) is 0.976. The third-order valence-corrected chi connectivity index (χ3v) is 4.43. The molecule has 1 aromatic carbocycles. The average Bonchev–Trinajstić information content (AvgIpc) is 2.73. The summed E-state index contributed by atoms with van der Waals surface area (Å²) >= 11 is 12.8. The van der Waals surface area contributed by atoms with Crippen molar-refractivity contribution in [3.63, 3.8) is 0 Å². The highest BCUT2D eigenvalue weighted by atomic mass is 35.5. The fourth-order valence-corrected chi connectivity index (χ4v) is 2.74. The van der Waals surface area contributed by atoms with Crippen LogP contribution in [0.5, 0.6) is 0 Å². The van der Waals surface area contributed by atoms with Crippen LogP contribution in [0.2, 0.25) is 10.0 Å². The van der Waals surface area contributed by atoms with Crippen LogP contribution in [0.25, 0.3) is 0 Å². The van der Waals surface area contributed by atoms with Crippen molar-refractivity contribution in [2.75, 3.05) is 5.32 Å². The summed E-state index contributed by atoms with van der Waals surface area (Å²) in [5.74, 6) is -0.428. The molecule has 0 aliphatic heterocycles. The van der Waals surface area contributed by atoms with Gasteiger partial charge in [-0.15, -0.1) is 0 Å². The van der Waals surface area contributed by atoms with Crippen molar-refractivity contribution >= 4 is 51.4 Å². The molecule has 1 amide bonds. The molecular weight excluding hydrogens is 319 g/mol. The Kier molecular flexibility index (Phi) is 4.42. The first-order valence-electron chi connectivity index (χ1n) is 5.63. The van der Waals surface area contributed by atoms with Gasteiger partial charge >= 0.3 is 0 Å². The average molecular weight is 329 g/mol. The molecule has 0 bridgehead atoms. The fraction of sp³-hybridized carbons (Fsp3) is 0.154. The van der Waals surface area contributed by atoms with Crippen LogP contribution in [0.15, 0.2) is 18.2 Å². The first-order chi connectivity index (χ1) is 9.38. The zero-order valence-electron chi connectivity index (χ0n) is 10.7. The number of aromatic nitrogens is 1. The van der Waals surface area contributed by atoms with Gasteiger partial charge < -0.3 is 0 Å². The Hall–Kier alpha value is -1.43. The van der Waals surface area contributed by atoms with Crippen molar-refractivity contribution in [2.24, 2.45) is 0 Å². The van der Waals surface area contributed by atoms with E-state index in [9.17, 15) is 9.59 Å². The summed E-state index contributed by atoms with van der Waals surface area (Å²) in [5, 5.41) is 3.70. The lowest BCUT2D eigenvalue weighted by atomic mass is 10.2. The van der Waals surface area contributed by atoms with Crippen LogP contribution in [-0.2, 0) is 0 Å². The lowest BCUT2D eigenvalue weighted by Crippen LogP contribution is -2.11. The zero-order chi connectivity index (χ0) is 14.9. The van der Waals surface area contributed by atoms with Gasteiger partial charge in [0.1, 0.15) is 0 Å². The second kappa shape index (κ2) is 5.91. The number of thiazole rings is 1. The van der Waals surface area contributed by atoms with Crippen LogP contribution < -0.4 is 5.32 Å². The number of hydrogen-bond donors (Lipinski definition) is 1. The number of carbonyl (C=O) groups excluding carboxylic acids is 2. The topological polar surface area (TPSA) is 59.1 Å².